The molecule has 1 aliphatic rings. The Kier molecular flexibility index (Phi) is 6.29. The van der Waals surface area contributed by atoms with Crippen molar-refractivity contribution in [1.29, 1.82) is 0 Å². The summed E-state index contributed by atoms with van der Waals surface area (Å²) in [7, 11) is 0. The summed E-state index contributed by atoms with van der Waals surface area (Å²) in [6.07, 6.45) is 0.640. The van der Waals surface area contributed by atoms with Gasteiger partial charge in [-0.15, -0.1) is 0 Å². The van der Waals surface area contributed by atoms with Gasteiger partial charge in [0.05, 0.1) is 6.61 Å². The van der Waals surface area contributed by atoms with Crippen molar-refractivity contribution < 1.29 is 19.1 Å². The molecule has 23 heavy (non-hydrogen) atoms. The third kappa shape index (κ3) is 4.89. The summed E-state index contributed by atoms with van der Waals surface area (Å²) in [6.45, 7) is 3.65. The second-order valence-corrected chi connectivity index (χ2v) is 5.37. The number of carbonyl (C=O) groups excluding carboxylic acids is 3. The summed E-state index contributed by atoms with van der Waals surface area (Å²) in [5, 5.41) is 2.83. The number of hydrogen-bond acceptors (Lipinski definition) is 4. The lowest BCUT2D eigenvalue weighted by Gasteiger charge is -2.14. The fourth-order valence-electron chi connectivity index (χ4n) is 2.45. The van der Waals surface area contributed by atoms with Gasteiger partial charge in [0.2, 0.25) is 17.7 Å². The smallest absolute Gasteiger partial charge is 0.229 e. The molecule has 0 aromatic heterocycles. The van der Waals surface area contributed by atoms with Gasteiger partial charge in [0.25, 0.3) is 0 Å². The van der Waals surface area contributed by atoms with Crippen molar-refractivity contribution in [2.45, 2.75) is 39.3 Å². The highest BCUT2D eigenvalue weighted by Gasteiger charge is 2.28. The number of nitrogens with one attached hydrogen (secondary N) is 1. The lowest BCUT2D eigenvalue weighted by atomic mass is 10.1. The summed E-state index contributed by atoms with van der Waals surface area (Å²) >= 11 is 0. The second kappa shape index (κ2) is 8.43. The van der Waals surface area contributed by atoms with Gasteiger partial charge in [0.1, 0.15) is 0 Å². The van der Waals surface area contributed by atoms with E-state index in [0.29, 0.717) is 19.8 Å². The quantitative estimate of drug-likeness (QED) is 0.735. The summed E-state index contributed by atoms with van der Waals surface area (Å²) in [4.78, 5) is 36.1. The maximum Gasteiger partial charge on any atom is 0.229 e. The maximum absolute atomic E-state index is 11.9. The maximum atomic E-state index is 11.9. The number of amides is 3. The van der Waals surface area contributed by atoms with Gasteiger partial charge in [-0.1, -0.05) is 24.3 Å². The molecule has 3 amide bonds. The minimum Gasteiger partial charge on any atom is -0.377 e. The molecule has 6 heteroatoms. The van der Waals surface area contributed by atoms with E-state index >= 15 is 0 Å². The Balaban J connectivity index is 1.80. The monoisotopic (exact) mass is 318 g/mol. The molecule has 0 aliphatic carbocycles. The number of likely N-dealkylation sites (tertiary alicyclic amines) is 1. The first-order chi connectivity index (χ1) is 11.1. The minimum atomic E-state index is -0.190. The number of rotatable bonds is 8. The summed E-state index contributed by atoms with van der Waals surface area (Å²) in [5.74, 6) is -0.557. The molecule has 1 aliphatic heterocycles. The molecule has 0 radical (unpaired) electrons. The first kappa shape index (κ1) is 17.1. The number of ether oxygens (including phenoxy) is 1. The fraction of sp³-hybridized carbons (Fsp3) is 0.471. The number of carbonyl (C=O) groups is 3. The van der Waals surface area contributed by atoms with Crippen LogP contribution < -0.4 is 5.32 Å². The molecule has 1 aromatic rings. The average Bonchev–Trinajstić information content (AvgIpc) is 2.88. The third-order valence-electron chi connectivity index (χ3n) is 3.77. The van der Waals surface area contributed by atoms with Crippen LogP contribution in [0.1, 0.15) is 37.3 Å². The van der Waals surface area contributed by atoms with Crippen molar-refractivity contribution in [3.05, 3.63) is 35.4 Å². The molecular formula is C17H22N2O4. The molecule has 1 saturated heterocycles. The minimum absolute atomic E-state index is 0.130. The van der Waals surface area contributed by atoms with Crippen LogP contribution in [0.4, 0.5) is 0 Å². The lowest BCUT2D eigenvalue weighted by molar-refractivity contribution is -0.138. The van der Waals surface area contributed by atoms with E-state index in [1.54, 1.807) is 0 Å². The van der Waals surface area contributed by atoms with E-state index in [-0.39, 0.29) is 43.5 Å². The summed E-state index contributed by atoms with van der Waals surface area (Å²) in [5.41, 5.74) is 2.04. The predicted molar refractivity (Wildman–Crippen MR) is 84.2 cm³/mol. The van der Waals surface area contributed by atoms with Crippen LogP contribution in [0.25, 0.3) is 0 Å². The normalized spacial score (nSPS) is 14.4. The Morgan fingerprint density at radius 2 is 1.83 bits per heavy atom. The molecule has 0 spiro atoms. The van der Waals surface area contributed by atoms with Crippen molar-refractivity contribution in [3.8, 4) is 0 Å². The van der Waals surface area contributed by atoms with E-state index in [9.17, 15) is 14.4 Å². The first-order valence-electron chi connectivity index (χ1n) is 7.86. The van der Waals surface area contributed by atoms with Gasteiger partial charge >= 0.3 is 0 Å². The highest BCUT2D eigenvalue weighted by molar-refractivity contribution is 6.02. The molecule has 124 valence electrons. The van der Waals surface area contributed by atoms with Gasteiger partial charge in [-0.05, 0) is 18.1 Å². The van der Waals surface area contributed by atoms with Gasteiger partial charge in [-0.2, -0.15) is 0 Å². The van der Waals surface area contributed by atoms with E-state index in [4.69, 9.17) is 4.74 Å². The van der Waals surface area contributed by atoms with Crippen LogP contribution in [0.3, 0.4) is 0 Å². The van der Waals surface area contributed by atoms with Crippen molar-refractivity contribution >= 4 is 17.7 Å². The Labute approximate surface area is 135 Å². The lowest BCUT2D eigenvalue weighted by Crippen LogP contribution is -2.34. The largest absolute Gasteiger partial charge is 0.377 e. The fourth-order valence-corrected chi connectivity index (χ4v) is 2.45. The standard InChI is InChI=1S/C17H22N2O4/c1-2-23-12-14-6-4-3-5-13(14)11-18-15(20)9-10-19-16(21)7-8-17(19)22/h3-6H,2,7-12H2,1H3,(H,18,20). The molecule has 0 bridgehead atoms. The predicted octanol–water partition coefficient (Wildman–Crippen LogP) is 1.38. The Morgan fingerprint density at radius 3 is 2.48 bits per heavy atom. The molecule has 2 rings (SSSR count). The average molecular weight is 318 g/mol. The molecule has 1 N–H and O–H groups in total. The molecular weight excluding hydrogens is 296 g/mol. The van der Waals surface area contributed by atoms with Crippen LogP contribution in [-0.2, 0) is 32.3 Å². The third-order valence-corrected chi connectivity index (χ3v) is 3.77. The molecule has 0 saturated carbocycles. The molecule has 1 fully saturated rings. The molecule has 0 unspecified atom stereocenters. The van der Waals surface area contributed by atoms with E-state index in [2.05, 4.69) is 5.32 Å². The zero-order valence-electron chi connectivity index (χ0n) is 13.3. The molecule has 1 aromatic carbocycles. The highest BCUT2D eigenvalue weighted by Crippen LogP contribution is 2.12. The van der Waals surface area contributed by atoms with Gasteiger partial charge in [0, 0.05) is 39.0 Å². The van der Waals surface area contributed by atoms with Crippen molar-refractivity contribution in [2.75, 3.05) is 13.2 Å². The SMILES string of the molecule is CCOCc1ccccc1CNC(=O)CCN1C(=O)CCC1=O. The zero-order chi connectivity index (χ0) is 16.7. The van der Waals surface area contributed by atoms with Gasteiger partial charge in [-0.25, -0.2) is 0 Å². The van der Waals surface area contributed by atoms with Crippen molar-refractivity contribution in [1.82, 2.24) is 10.2 Å². The van der Waals surface area contributed by atoms with E-state index in [1.807, 2.05) is 31.2 Å². The van der Waals surface area contributed by atoms with E-state index in [1.165, 1.54) is 4.90 Å². The molecule has 6 nitrogen and oxygen atoms in total. The molecule has 0 atom stereocenters. The van der Waals surface area contributed by atoms with Crippen LogP contribution in [0.2, 0.25) is 0 Å². The van der Waals surface area contributed by atoms with Crippen LogP contribution in [0, 0.1) is 0 Å². The Bertz CT molecular complexity index is 570. The van der Waals surface area contributed by atoms with Crippen molar-refractivity contribution in [2.24, 2.45) is 0 Å². The highest BCUT2D eigenvalue weighted by atomic mass is 16.5. The van der Waals surface area contributed by atoms with Crippen molar-refractivity contribution in [3.63, 3.8) is 0 Å². The second-order valence-electron chi connectivity index (χ2n) is 5.37. The number of nitrogens with zero attached hydrogens (tertiary/aromatic N) is 1. The van der Waals surface area contributed by atoms with Crippen LogP contribution in [0.15, 0.2) is 24.3 Å². The topological polar surface area (TPSA) is 75.7 Å². The Morgan fingerprint density at radius 1 is 1.17 bits per heavy atom. The Hall–Kier alpha value is -2.21. The van der Waals surface area contributed by atoms with Crippen LogP contribution in [-0.4, -0.2) is 35.8 Å². The summed E-state index contributed by atoms with van der Waals surface area (Å²) < 4.78 is 5.41. The number of benzene rings is 1. The van der Waals surface area contributed by atoms with Crippen LogP contribution in [0.5, 0.6) is 0 Å². The van der Waals surface area contributed by atoms with E-state index in [0.717, 1.165) is 11.1 Å². The summed E-state index contributed by atoms with van der Waals surface area (Å²) in [6, 6.07) is 7.77. The van der Waals surface area contributed by atoms with E-state index < -0.39 is 0 Å². The van der Waals surface area contributed by atoms with Gasteiger partial charge in [-0.3, -0.25) is 19.3 Å². The molecule has 1 heterocycles. The zero-order valence-corrected chi connectivity index (χ0v) is 13.3. The van der Waals surface area contributed by atoms with Gasteiger partial charge in [0.15, 0.2) is 0 Å². The number of hydrogen-bond donors (Lipinski definition) is 1. The van der Waals surface area contributed by atoms with Gasteiger partial charge < -0.3 is 10.1 Å². The first-order valence-corrected chi connectivity index (χ1v) is 7.86. The van der Waals surface area contributed by atoms with Crippen LogP contribution >= 0.6 is 0 Å². The number of imide groups is 1.